The zero-order valence-electron chi connectivity index (χ0n) is 11.9. The molecule has 7 heteroatoms. The topological polar surface area (TPSA) is 63.0 Å². The highest BCUT2D eigenvalue weighted by molar-refractivity contribution is 7.15. The van der Waals surface area contributed by atoms with E-state index >= 15 is 0 Å². The third kappa shape index (κ3) is 4.21. The molecule has 0 saturated heterocycles. The van der Waals surface area contributed by atoms with E-state index in [-0.39, 0.29) is 0 Å². The number of methoxy groups -OCH3 is 1. The first-order valence-corrected chi connectivity index (χ1v) is 7.63. The van der Waals surface area contributed by atoms with Crippen LogP contribution in [-0.4, -0.2) is 42.2 Å². The van der Waals surface area contributed by atoms with Gasteiger partial charge in [0.05, 0.1) is 12.2 Å². The van der Waals surface area contributed by atoms with Crippen molar-refractivity contribution < 1.29 is 4.74 Å². The van der Waals surface area contributed by atoms with Crippen LogP contribution < -0.4 is 10.6 Å². The molecule has 110 valence electrons. The largest absolute Gasteiger partial charge is 0.385 e. The van der Waals surface area contributed by atoms with E-state index in [4.69, 9.17) is 4.74 Å². The Morgan fingerprint density at radius 1 is 1.50 bits per heavy atom. The number of thiazole rings is 1. The lowest BCUT2D eigenvalue weighted by Crippen LogP contribution is -2.38. The van der Waals surface area contributed by atoms with Gasteiger partial charge >= 0.3 is 0 Å². The Morgan fingerprint density at radius 2 is 2.40 bits per heavy atom. The summed E-state index contributed by atoms with van der Waals surface area (Å²) in [5.41, 5.74) is 0.978. The first-order valence-electron chi connectivity index (χ1n) is 6.75. The molecule has 2 aromatic heterocycles. The van der Waals surface area contributed by atoms with Crippen LogP contribution in [0.2, 0.25) is 0 Å². The van der Waals surface area contributed by atoms with Gasteiger partial charge in [0.1, 0.15) is 0 Å². The van der Waals surface area contributed by atoms with Crippen LogP contribution in [0.5, 0.6) is 0 Å². The second kappa shape index (κ2) is 7.86. The number of fused-ring (bicyclic) bond motifs is 1. The van der Waals surface area contributed by atoms with Gasteiger partial charge in [-0.25, -0.2) is 9.98 Å². The summed E-state index contributed by atoms with van der Waals surface area (Å²) < 4.78 is 7.05. The number of ether oxygens (including phenoxy) is 1. The van der Waals surface area contributed by atoms with Crippen LogP contribution in [0.15, 0.2) is 22.8 Å². The van der Waals surface area contributed by atoms with Crippen LogP contribution in [0.1, 0.15) is 19.0 Å². The minimum atomic E-state index is 0.577. The van der Waals surface area contributed by atoms with Gasteiger partial charge in [-0.1, -0.05) is 0 Å². The molecule has 0 amide bonds. The van der Waals surface area contributed by atoms with Crippen molar-refractivity contribution in [1.82, 2.24) is 20.0 Å². The Hall–Kier alpha value is -1.60. The predicted octanol–water partition coefficient (Wildman–Crippen LogP) is 1.49. The third-order valence-corrected chi connectivity index (χ3v) is 3.47. The molecule has 0 atom stereocenters. The van der Waals surface area contributed by atoms with Gasteiger partial charge in [0, 0.05) is 44.6 Å². The molecule has 0 aliphatic heterocycles. The van der Waals surface area contributed by atoms with Crippen LogP contribution >= 0.6 is 11.3 Å². The minimum absolute atomic E-state index is 0.577. The van der Waals surface area contributed by atoms with E-state index in [1.165, 1.54) is 0 Å². The van der Waals surface area contributed by atoms with Gasteiger partial charge in [-0.3, -0.25) is 4.40 Å². The molecule has 20 heavy (non-hydrogen) atoms. The molecule has 0 spiro atoms. The maximum atomic E-state index is 5.03. The zero-order valence-corrected chi connectivity index (χ0v) is 12.7. The van der Waals surface area contributed by atoms with Crippen LogP contribution in [0, 0.1) is 0 Å². The molecule has 0 fully saturated rings. The monoisotopic (exact) mass is 295 g/mol. The highest BCUT2D eigenvalue weighted by Crippen LogP contribution is 2.11. The molecule has 2 rings (SSSR count). The van der Waals surface area contributed by atoms with E-state index in [1.54, 1.807) is 18.4 Å². The smallest absolute Gasteiger partial charge is 0.193 e. The summed E-state index contributed by atoms with van der Waals surface area (Å²) in [4.78, 5) is 10.1. The Kier molecular flexibility index (Phi) is 5.82. The fraction of sp³-hybridized carbons (Fsp3) is 0.538. The Labute approximate surface area is 122 Å². The number of guanidine groups is 1. The van der Waals surface area contributed by atoms with E-state index in [2.05, 4.69) is 27.5 Å². The normalized spacial score (nSPS) is 12.0. The number of rotatable bonds is 7. The van der Waals surface area contributed by atoms with Crippen molar-refractivity contribution in [2.45, 2.75) is 19.9 Å². The van der Waals surface area contributed by atoms with Crippen molar-refractivity contribution in [2.24, 2.45) is 4.99 Å². The number of imidazole rings is 1. The summed E-state index contributed by atoms with van der Waals surface area (Å²) in [7, 11) is 1.71. The van der Waals surface area contributed by atoms with Crippen LogP contribution in [0.4, 0.5) is 0 Å². The van der Waals surface area contributed by atoms with Crippen molar-refractivity contribution >= 4 is 22.3 Å². The van der Waals surface area contributed by atoms with Crippen LogP contribution in [-0.2, 0) is 11.3 Å². The standard InChI is InChI=1S/C13H21N5OS/c1-3-14-12(15-5-4-7-19-2)16-9-11-10-18-6-8-20-13(18)17-11/h6,8,10H,3-5,7,9H2,1-2H3,(H2,14,15,16). The van der Waals surface area contributed by atoms with E-state index in [0.29, 0.717) is 6.54 Å². The summed E-state index contributed by atoms with van der Waals surface area (Å²) in [6.45, 7) is 5.07. The average molecular weight is 295 g/mol. The molecule has 0 radical (unpaired) electrons. The molecule has 2 N–H and O–H groups in total. The fourth-order valence-electron chi connectivity index (χ4n) is 1.78. The highest BCUT2D eigenvalue weighted by atomic mass is 32.1. The number of hydrogen-bond acceptors (Lipinski definition) is 4. The minimum Gasteiger partial charge on any atom is -0.385 e. The molecular formula is C13H21N5OS. The number of aromatic nitrogens is 2. The van der Waals surface area contributed by atoms with Crippen molar-refractivity contribution in [3.63, 3.8) is 0 Å². The van der Waals surface area contributed by atoms with E-state index in [0.717, 1.165) is 42.7 Å². The van der Waals surface area contributed by atoms with Gasteiger partial charge in [-0.05, 0) is 13.3 Å². The van der Waals surface area contributed by atoms with E-state index < -0.39 is 0 Å². The predicted molar refractivity (Wildman–Crippen MR) is 82.4 cm³/mol. The number of aliphatic imine (C=N–C) groups is 1. The van der Waals surface area contributed by atoms with Gasteiger partial charge in [-0.15, -0.1) is 11.3 Å². The Balaban J connectivity index is 1.88. The number of nitrogens with zero attached hydrogens (tertiary/aromatic N) is 3. The van der Waals surface area contributed by atoms with Gasteiger partial charge in [0.15, 0.2) is 10.9 Å². The van der Waals surface area contributed by atoms with Crippen molar-refractivity contribution in [2.75, 3.05) is 26.8 Å². The third-order valence-electron chi connectivity index (χ3n) is 2.70. The average Bonchev–Trinajstić information content (AvgIpc) is 3.01. The first-order chi connectivity index (χ1) is 9.83. The molecule has 0 unspecified atom stereocenters. The summed E-state index contributed by atoms with van der Waals surface area (Å²) in [6, 6.07) is 0. The van der Waals surface area contributed by atoms with Gasteiger partial charge in [0.25, 0.3) is 0 Å². The lowest BCUT2D eigenvalue weighted by atomic mass is 10.4. The highest BCUT2D eigenvalue weighted by Gasteiger charge is 2.02. The zero-order chi connectivity index (χ0) is 14.2. The van der Waals surface area contributed by atoms with E-state index in [1.807, 2.05) is 22.2 Å². The lowest BCUT2D eigenvalue weighted by Gasteiger charge is -2.10. The van der Waals surface area contributed by atoms with Gasteiger partial charge < -0.3 is 15.4 Å². The molecule has 0 aromatic carbocycles. The van der Waals surface area contributed by atoms with Crippen LogP contribution in [0.3, 0.4) is 0 Å². The molecule has 0 bridgehead atoms. The molecule has 0 aliphatic rings. The summed E-state index contributed by atoms with van der Waals surface area (Å²) in [5.74, 6) is 0.819. The molecule has 2 heterocycles. The second-order valence-electron chi connectivity index (χ2n) is 4.29. The number of hydrogen-bond donors (Lipinski definition) is 2. The van der Waals surface area contributed by atoms with Gasteiger partial charge in [-0.2, -0.15) is 0 Å². The summed E-state index contributed by atoms with van der Waals surface area (Å²) in [6.07, 6.45) is 4.99. The van der Waals surface area contributed by atoms with Crippen molar-refractivity contribution in [3.8, 4) is 0 Å². The van der Waals surface area contributed by atoms with E-state index in [9.17, 15) is 0 Å². The van der Waals surface area contributed by atoms with Crippen LogP contribution in [0.25, 0.3) is 4.96 Å². The Morgan fingerprint density at radius 3 is 3.15 bits per heavy atom. The second-order valence-corrected chi connectivity index (χ2v) is 5.17. The van der Waals surface area contributed by atoms with Gasteiger partial charge in [0.2, 0.25) is 0 Å². The molecule has 2 aromatic rings. The maximum Gasteiger partial charge on any atom is 0.193 e. The molecule has 0 aliphatic carbocycles. The summed E-state index contributed by atoms with van der Waals surface area (Å²) in [5, 5.41) is 8.53. The fourth-order valence-corrected chi connectivity index (χ4v) is 2.50. The molecule has 0 saturated carbocycles. The quantitative estimate of drug-likeness (QED) is 0.461. The Bertz CT molecular complexity index is 519. The maximum absolute atomic E-state index is 5.03. The molecule has 6 nitrogen and oxygen atoms in total. The van der Waals surface area contributed by atoms with Crippen molar-refractivity contribution in [3.05, 3.63) is 23.5 Å². The number of nitrogens with one attached hydrogen (secondary N) is 2. The SMILES string of the molecule is CCNC(=NCc1cn2ccsc2n1)NCCCOC. The lowest BCUT2D eigenvalue weighted by molar-refractivity contribution is 0.195. The first kappa shape index (κ1) is 14.8. The molecular weight excluding hydrogens is 274 g/mol. The van der Waals surface area contributed by atoms with Crippen molar-refractivity contribution in [1.29, 1.82) is 0 Å². The summed E-state index contributed by atoms with van der Waals surface area (Å²) >= 11 is 1.63.